The smallest absolute Gasteiger partial charge is 0.257 e. The van der Waals surface area contributed by atoms with Gasteiger partial charge in [-0.05, 0) is 64.9 Å². The van der Waals surface area contributed by atoms with Crippen molar-refractivity contribution in [1.82, 2.24) is 29.0 Å². The molecule has 0 spiro atoms. The van der Waals surface area contributed by atoms with Crippen LogP contribution in [-0.4, -0.2) is 97.0 Å². The average molecular weight is 578 g/mol. The standard InChI is InChI=1S/C33H48N6OS/c1-25-31(26(2)35-24-34-25)32(40)36-21-15-33(3,16-22-36)37-17-11-28(12-18-37)39(23-27-7-5-4-6-8-27)29-13-19-38(20-14-29)41-30-9-10-30/h4-8,24,28-30H,9-23H2,1-3H3/p+1. The number of aromatic nitrogens is 2. The van der Waals surface area contributed by atoms with Gasteiger partial charge in [-0.25, -0.2) is 9.97 Å². The zero-order chi connectivity index (χ0) is 28.4. The number of thiol groups is 1. The minimum Gasteiger partial charge on any atom is -0.338 e. The molecule has 4 aliphatic rings. The van der Waals surface area contributed by atoms with Crippen LogP contribution >= 0.6 is 0 Å². The lowest BCUT2D eigenvalue weighted by Gasteiger charge is -2.51. The predicted molar refractivity (Wildman–Crippen MR) is 168 cm³/mol. The first kappa shape index (κ1) is 29.1. The molecule has 222 valence electrons. The first-order valence-electron chi connectivity index (χ1n) is 16.0. The number of piperidine rings is 3. The molecule has 1 aliphatic carbocycles. The second kappa shape index (κ2) is 12.7. The third-order valence-corrected chi connectivity index (χ3v) is 11.8. The highest BCUT2D eigenvalue weighted by atomic mass is 32.2. The molecule has 8 heteroatoms. The van der Waals surface area contributed by atoms with E-state index in [1.807, 2.05) is 18.7 Å². The maximum atomic E-state index is 13.3. The molecule has 0 atom stereocenters. The second-order valence-corrected chi connectivity index (χ2v) is 14.6. The molecule has 0 radical (unpaired) electrons. The van der Waals surface area contributed by atoms with Crippen LogP contribution in [0.15, 0.2) is 36.7 Å². The van der Waals surface area contributed by atoms with Crippen LogP contribution in [0, 0.1) is 13.8 Å². The minimum atomic E-state index is 0.0977. The molecule has 3 saturated heterocycles. The van der Waals surface area contributed by atoms with Gasteiger partial charge >= 0.3 is 0 Å². The van der Waals surface area contributed by atoms with Crippen molar-refractivity contribution in [3.63, 3.8) is 0 Å². The van der Waals surface area contributed by atoms with Crippen LogP contribution in [0.25, 0.3) is 0 Å². The minimum absolute atomic E-state index is 0.0977. The summed E-state index contributed by atoms with van der Waals surface area (Å²) in [5.41, 5.74) is 3.87. The molecule has 0 N–H and O–H groups in total. The van der Waals surface area contributed by atoms with Gasteiger partial charge in [0.15, 0.2) is 0 Å². The van der Waals surface area contributed by atoms with E-state index < -0.39 is 0 Å². The van der Waals surface area contributed by atoms with Crippen molar-refractivity contribution in [2.24, 2.45) is 0 Å². The summed E-state index contributed by atoms with van der Waals surface area (Å²) in [4.78, 5) is 29.6. The number of carbonyl (C=O) groups excluding carboxylic acids is 1. The van der Waals surface area contributed by atoms with E-state index >= 15 is 0 Å². The zero-order valence-electron chi connectivity index (χ0n) is 25.3. The Kier molecular flexibility index (Phi) is 9.01. The van der Waals surface area contributed by atoms with Gasteiger partial charge in [0.25, 0.3) is 5.91 Å². The Morgan fingerprint density at radius 3 is 2.05 bits per heavy atom. The summed E-state index contributed by atoms with van der Waals surface area (Å²) in [6.45, 7) is 13.8. The summed E-state index contributed by atoms with van der Waals surface area (Å²) in [6, 6.07) is 12.5. The highest BCUT2D eigenvalue weighted by Gasteiger charge is 2.41. The lowest BCUT2D eigenvalue weighted by molar-refractivity contribution is -0.0116. The Bertz CT molecular complexity index is 1150. The van der Waals surface area contributed by atoms with Crippen LogP contribution in [-0.2, 0) is 18.5 Å². The van der Waals surface area contributed by atoms with Gasteiger partial charge in [-0.1, -0.05) is 30.3 Å². The van der Waals surface area contributed by atoms with Crippen molar-refractivity contribution < 1.29 is 4.79 Å². The van der Waals surface area contributed by atoms with E-state index in [0.717, 1.165) is 62.2 Å². The van der Waals surface area contributed by atoms with Gasteiger partial charge in [0.1, 0.15) is 11.6 Å². The largest absolute Gasteiger partial charge is 0.338 e. The molecule has 3 aliphatic heterocycles. The number of hydrogen-bond acceptors (Lipinski definition) is 6. The quantitative estimate of drug-likeness (QED) is 0.342. The van der Waals surface area contributed by atoms with Crippen LogP contribution in [0.3, 0.4) is 0 Å². The number of benzene rings is 1. The molecule has 0 unspecified atom stereocenters. The van der Waals surface area contributed by atoms with Crippen molar-refractivity contribution >= 4 is 17.9 Å². The normalized spacial score (nSPS) is 23.3. The molecule has 7 nitrogen and oxygen atoms in total. The summed E-state index contributed by atoms with van der Waals surface area (Å²) in [6.07, 6.45) is 11.6. The Labute approximate surface area is 251 Å². The van der Waals surface area contributed by atoms with E-state index in [-0.39, 0.29) is 11.4 Å². The highest BCUT2D eigenvalue weighted by molar-refractivity contribution is 7.77. The van der Waals surface area contributed by atoms with Crippen molar-refractivity contribution in [2.75, 3.05) is 39.3 Å². The third-order valence-electron chi connectivity index (χ3n) is 10.3. The molecule has 6 rings (SSSR count). The van der Waals surface area contributed by atoms with E-state index in [2.05, 4.69) is 61.3 Å². The van der Waals surface area contributed by atoms with E-state index in [4.69, 9.17) is 0 Å². The predicted octanol–water partition coefficient (Wildman–Crippen LogP) is 4.41. The molecule has 1 aromatic heterocycles. The molecule has 4 fully saturated rings. The summed E-state index contributed by atoms with van der Waals surface area (Å²) in [5, 5.41) is 0.961. The van der Waals surface area contributed by atoms with E-state index in [1.165, 1.54) is 57.2 Å². The number of nitrogens with zero attached hydrogens (tertiary/aromatic N) is 6. The number of rotatable bonds is 8. The molecule has 1 amide bonds. The van der Waals surface area contributed by atoms with E-state index in [1.54, 1.807) is 18.3 Å². The zero-order valence-corrected chi connectivity index (χ0v) is 26.2. The molecule has 2 aromatic rings. The fourth-order valence-electron chi connectivity index (χ4n) is 7.38. The van der Waals surface area contributed by atoms with Crippen molar-refractivity contribution in [3.05, 3.63) is 59.2 Å². The topological polar surface area (TPSA) is 55.8 Å². The molecule has 4 heterocycles. The first-order chi connectivity index (χ1) is 19.9. The van der Waals surface area contributed by atoms with Gasteiger partial charge in [-0.15, -0.1) is 4.31 Å². The Balaban J connectivity index is 1.05. The van der Waals surface area contributed by atoms with E-state index in [9.17, 15) is 4.79 Å². The SMILES string of the molecule is Cc1ncnc(C)c1C(=O)N1CCC(C)(N2CCC(N(Cc3ccccc3)C3CCN([SH+]C4CC4)CC3)CC2)CC1. The molecular weight excluding hydrogens is 528 g/mol. The molecule has 1 aromatic carbocycles. The fraction of sp³-hybridized carbons (Fsp3) is 0.667. The number of likely N-dealkylation sites (tertiary alicyclic amines) is 2. The number of aryl methyl sites for hydroxylation is 2. The summed E-state index contributed by atoms with van der Waals surface area (Å²) in [5.74, 6) is 0.0977. The summed E-state index contributed by atoms with van der Waals surface area (Å²) in [7, 11) is 0. The lowest BCUT2D eigenvalue weighted by atomic mass is 9.84. The van der Waals surface area contributed by atoms with Crippen molar-refractivity contribution in [3.8, 4) is 0 Å². The van der Waals surface area contributed by atoms with Gasteiger partial charge in [0, 0.05) is 76.3 Å². The summed E-state index contributed by atoms with van der Waals surface area (Å²) >= 11 is 1.60. The number of hydrogen-bond donors (Lipinski definition) is 0. The van der Waals surface area contributed by atoms with Crippen LogP contribution in [0.5, 0.6) is 0 Å². The maximum absolute atomic E-state index is 13.3. The van der Waals surface area contributed by atoms with Gasteiger partial charge in [-0.2, -0.15) is 0 Å². The first-order valence-corrected chi connectivity index (χ1v) is 16.9. The van der Waals surface area contributed by atoms with Crippen molar-refractivity contribution in [2.45, 2.75) is 102 Å². The monoisotopic (exact) mass is 577 g/mol. The van der Waals surface area contributed by atoms with Gasteiger partial charge < -0.3 is 4.90 Å². The maximum Gasteiger partial charge on any atom is 0.257 e. The average Bonchev–Trinajstić information content (AvgIpc) is 3.81. The van der Waals surface area contributed by atoms with Gasteiger partial charge in [0.05, 0.1) is 28.9 Å². The number of carbonyl (C=O) groups is 1. The Hall–Kier alpha value is -2.00. The van der Waals surface area contributed by atoms with Gasteiger partial charge in [-0.3, -0.25) is 14.6 Å². The molecule has 0 bridgehead atoms. The molecule has 41 heavy (non-hydrogen) atoms. The Morgan fingerprint density at radius 2 is 1.46 bits per heavy atom. The molecular formula is C33H49N6OS+. The Morgan fingerprint density at radius 1 is 0.878 bits per heavy atom. The summed E-state index contributed by atoms with van der Waals surface area (Å²) < 4.78 is 2.71. The fourth-order valence-corrected chi connectivity index (χ4v) is 8.68. The van der Waals surface area contributed by atoms with Crippen molar-refractivity contribution in [1.29, 1.82) is 0 Å². The third kappa shape index (κ3) is 6.82. The highest BCUT2D eigenvalue weighted by Crippen LogP contribution is 2.35. The van der Waals surface area contributed by atoms with Crippen LogP contribution in [0.2, 0.25) is 0 Å². The second-order valence-electron chi connectivity index (χ2n) is 13.1. The molecule has 1 saturated carbocycles. The number of amides is 1. The van der Waals surface area contributed by atoms with Crippen LogP contribution < -0.4 is 0 Å². The van der Waals surface area contributed by atoms with E-state index in [0.29, 0.717) is 17.6 Å². The lowest BCUT2D eigenvalue weighted by Crippen LogP contribution is -2.59. The van der Waals surface area contributed by atoms with Crippen LogP contribution in [0.4, 0.5) is 0 Å². The van der Waals surface area contributed by atoms with Crippen LogP contribution in [0.1, 0.15) is 85.6 Å². The van der Waals surface area contributed by atoms with Gasteiger partial charge in [0.2, 0.25) is 0 Å².